The summed E-state index contributed by atoms with van der Waals surface area (Å²) in [5, 5.41) is 2.90. The first-order valence-corrected chi connectivity index (χ1v) is 8.29. The highest BCUT2D eigenvalue weighted by atomic mass is 16.5. The average Bonchev–Trinajstić information content (AvgIpc) is 2.61. The summed E-state index contributed by atoms with van der Waals surface area (Å²) in [4.78, 5) is 12.3. The van der Waals surface area contributed by atoms with Gasteiger partial charge in [0.25, 0.3) is 5.91 Å². The van der Waals surface area contributed by atoms with Gasteiger partial charge in [-0.25, -0.2) is 0 Å². The van der Waals surface area contributed by atoms with E-state index in [0.29, 0.717) is 18.1 Å². The molecular formula is C20H25NO4. The number of hydrogen-bond acceptors (Lipinski definition) is 4. The van der Waals surface area contributed by atoms with Crippen molar-refractivity contribution in [2.24, 2.45) is 0 Å². The van der Waals surface area contributed by atoms with Crippen LogP contribution in [0.3, 0.4) is 0 Å². The molecule has 0 fully saturated rings. The number of carbonyl (C=O) groups is 1. The number of para-hydroxylation sites is 1. The Morgan fingerprint density at radius 3 is 2.52 bits per heavy atom. The molecule has 2 aromatic carbocycles. The third kappa shape index (κ3) is 5.71. The zero-order valence-corrected chi connectivity index (χ0v) is 15.1. The minimum absolute atomic E-state index is 0.136. The van der Waals surface area contributed by atoms with E-state index in [9.17, 15) is 4.79 Å². The minimum Gasteiger partial charge on any atom is -0.497 e. The lowest BCUT2D eigenvalue weighted by Gasteiger charge is -2.19. The Hall–Kier alpha value is -2.69. The van der Waals surface area contributed by atoms with E-state index in [2.05, 4.69) is 5.32 Å². The number of methoxy groups -OCH3 is 1. The standard InChI is InChI=1S/C20H25NO4/c1-14-8-5-6-11-19(14)24-13-15(2)21-20(22)16(3)25-18-10-7-9-17(12-18)23-4/h5-12,15-16H,13H2,1-4H3,(H,21,22)/t15-,16-/m1/s1. The van der Waals surface area contributed by atoms with Crippen LogP contribution in [0.5, 0.6) is 17.2 Å². The molecule has 0 saturated heterocycles. The molecule has 0 heterocycles. The first kappa shape index (κ1) is 18.6. The molecule has 25 heavy (non-hydrogen) atoms. The Labute approximate surface area is 148 Å². The van der Waals surface area contributed by atoms with Gasteiger partial charge in [0.1, 0.15) is 23.9 Å². The summed E-state index contributed by atoms with van der Waals surface area (Å²) < 4.78 is 16.6. The number of amides is 1. The van der Waals surface area contributed by atoms with Crippen LogP contribution in [-0.2, 0) is 4.79 Å². The van der Waals surface area contributed by atoms with E-state index in [-0.39, 0.29) is 11.9 Å². The maximum atomic E-state index is 12.3. The van der Waals surface area contributed by atoms with Gasteiger partial charge in [0.15, 0.2) is 6.10 Å². The van der Waals surface area contributed by atoms with Gasteiger partial charge in [0.2, 0.25) is 0 Å². The van der Waals surface area contributed by atoms with E-state index in [1.807, 2.05) is 50.2 Å². The second-order valence-electron chi connectivity index (χ2n) is 5.93. The van der Waals surface area contributed by atoms with Crippen LogP contribution in [0.2, 0.25) is 0 Å². The van der Waals surface area contributed by atoms with Gasteiger partial charge in [0.05, 0.1) is 13.2 Å². The second kappa shape index (κ2) is 8.97. The van der Waals surface area contributed by atoms with Gasteiger partial charge in [-0.1, -0.05) is 24.3 Å². The normalized spacial score (nSPS) is 12.8. The SMILES string of the molecule is COc1cccc(O[C@H](C)C(=O)N[C@H](C)COc2ccccc2C)c1. The number of carbonyl (C=O) groups excluding carboxylic acids is 1. The summed E-state index contributed by atoms with van der Waals surface area (Å²) >= 11 is 0. The van der Waals surface area contributed by atoms with E-state index in [1.165, 1.54) is 0 Å². The summed E-state index contributed by atoms with van der Waals surface area (Å²) in [5.74, 6) is 1.91. The minimum atomic E-state index is -0.618. The molecule has 2 aromatic rings. The van der Waals surface area contributed by atoms with Crippen molar-refractivity contribution in [3.63, 3.8) is 0 Å². The van der Waals surface area contributed by atoms with E-state index in [4.69, 9.17) is 14.2 Å². The molecule has 0 aliphatic carbocycles. The van der Waals surface area contributed by atoms with Crippen molar-refractivity contribution in [2.75, 3.05) is 13.7 Å². The van der Waals surface area contributed by atoms with Crippen molar-refractivity contribution in [1.82, 2.24) is 5.32 Å². The molecule has 0 unspecified atom stereocenters. The summed E-state index contributed by atoms with van der Waals surface area (Å²) in [6.45, 7) is 5.99. The molecule has 0 aliphatic rings. The predicted molar refractivity (Wildman–Crippen MR) is 97.4 cm³/mol. The van der Waals surface area contributed by atoms with Crippen LogP contribution in [0, 0.1) is 6.92 Å². The van der Waals surface area contributed by atoms with Gasteiger partial charge in [-0.2, -0.15) is 0 Å². The van der Waals surface area contributed by atoms with Gasteiger partial charge in [-0.3, -0.25) is 4.79 Å². The Morgan fingerprint density at radius 1 is 1.08 bits per heavy atom. The lowest BCUT2D eigenvalue weighted by atomic mass is 10.2. The van der Waals surface area contributed by atoms with Gasteiger partial charge < -0.3 is 19.5 Å². The first-order valence-electron chi connectivity index (χ1n) is 8.29. The van der Waals surface area contributed by atoms with Crippen molar-refractivity contribution >= 4 is 5.91 Å². The zero-order valence-electron chi connectivity index (χ0n) is 15.1. The van der Waals surface area contributed by atoms with E-state index in [1.54, 1.807) is 26.2 Å². The highest BCUT2D eigenvalue weighted by Gasteiger charge is 2.17. The predicted octanol–water partition coefficient (Wildman–Crippen LogP) is 3.35. The monoisotopic (exact) mass is 343 g/mol. The van der Waals surface area contributed by atoms with Gasteiger partial charge in [-0.05, 0) is 44.5 Å². The van der Waals surface area contributed by atoms with Crippen molar-refractivity contribution < 1.29 is 19.0 Å². The third-order valence-electron chi connectivity index (χ3n) is 3.69. The Morgan fingerprint density at radius 2 is 1.80 bits per heavy atom. The largest absolute Gasteiger partial charge is 0.497 e. The molecule has 0 saturated carbocycles. The summed E-state index contributed by atoms with van der Waals surface area (Å²) in [7, 11) is 1.59. The van der Waals surface area contributed by atoms with Crippen molar-refractivity contribution in [3.8, 4) is 17.2 Å². The second-order valence-corrected chi connectivity index (χ2v) is 5.93. The Kier molecular flexibility index (Phi) is 6.69. The lowest BCUT2D eigenvalue weighted by Crippen LogP contribution is -2.43. The van der Waals surface area contributed by atoms with E-state index in [0.717, 1.165) is 11.3 Å². The van der Waals surface area contributed by atoms with E-state index >= 15 is 0 Å². The number of rotatable bonds is 8. The third-order valence-corrected chi connectivity index (χ3v) is 3.69. The number of aryl methyl sites for hydroxylation is 1. The average molecular weight is 343 g/mol. The molecule has 0 radical (unpaired) electrons. The molecule has 5 nitrogen and oxygen atoms in total. The zero-order chi connectivity index (χ0) is 18.2. The van der Waals surface area contributed by atoms with Crippen LogP contribution in [0.1, 0.15) is 19.4 Å². The van der Waals surface area contributed by atoms with Crippen molar-refractivity contribution in [3.05, 3.63) is 54.1 Å². The number of hydrogen-bond donors (Lipinski definition) is 1. The Bertz CT molecular complexity index is 702. The molecule has 2 atom stereocenters. The van der Waals surface area contributed by atoms with Crippen molar-refractivity contribution in [2.45, 2.75) is 32.9 Å². The highest BCUT2D eigenvalue weighted by molar-refractivity contribution is 5.81. The van der Waals surface area contributed by atoms with Crippen LogP contribution in [0.15, 0.2) is 48.5 Å². The molecule has 134 valence electrons. The van der Waals surface area contributed by atoms with Crippen LogP contribution >= 0.6 is 0 Å². The highest BCUT2D eigenvalue weighted by Crippen LogP contribution is 2.20. The van der Waals surface area contributed by atoms with Crippen LogP contribution in [-0.4, -0.2) is 31.8 Å². The molecule has 0 bridgehead atoms. The number of benzene rings is 2. The fraction of sp³-hybridized carbons (Fsp3) is 0.350. The van der Waals surface area contributed by atoms with Crippen LogP contribution < -0.4 is 19.5 Å². The fourth-order valence-corrected chi connectivity index (χ4v) is 2.27. The molecule has 0 spiro atoms. The van der Waals surface area contributed by atoms with Gasteiger partial charge >= 0.3 is 0 Å². The number of ether oxygens (including phenoxy) is 3. The van der Waals surface area contributed by atoms with E-state index < -0.39 is 6.10 Å². The molecule has 1 amide bonds. The summed E-state index contributed by atoms with van der Waals surface area (Å²) in [5.41, 5.74) is 1.07. The first-order chi connectivity index (χ1) is 12.0. The fourth-order valence-electron chi connectivity index (χ4n) is 2.27. The quantitative estimate of drug-likeness (QED) is 0.798. The topological polar surface area (TPSA) is 56.8 Å². The lowest BCUT2D eigenvalue weighted by molar-refractivity contribution is -0.128. The van der Waals surface area contributed by atoms with Gasteiger partial charge in [-0.15, -0.1) is 0 Å². The maximum Gasteiger partial charge on any atom is 0.261 e. The summed E-state index contributed by atoms with van der Waals surface area (Å²) in [6.07, 6.45) is -0.618. The van der Waals surface area contributed by atoms with Crippen molar-refractivity contribution in [1.29, 1.82) is 0 Å². The molecular weight excluding hydrogens is 318 g/mol. The van der Waals surface area contributed by atoms with Crippen LogP contribution in [0.25, 0.3) is 0 Å². The van der Waals surface area contributed by atoms with Crippen LogP contribution in [0.4, 0.5) is 0 Å². The summed E-state index contributed by atoms with van der Waals surface area (Å²) in [6, 6.07) is 14.8. The smallest absolute Gasteiger partial charge is 0.261 e. The molecule has 5 heteroatoms. The molecule has 0 aliphatic heterocycles. The molecule has 1 N–H and O–H groups in total. The molecule has 0 aromatic heterocycles. The maximum absolute atomic E-state index is 12.3. The number of nitrogens with one attached hydrogen (secondary N) is 1. The molecule has 2 rings (SSSR count). The van der Waals surface area contributed by atoms with Gasteiger partial charge in [0, 0.05) is 6.07 Å². The Balaban J connectivity index is 1.82.